The average molecular weight is 390 g/mol. The van der Waals surface area contributed by atoms with Crippen molar-refractivity contribution in [1.29, 1.82) is 0 Å². The maximum absolute atomic E-state index is 13.2. The Bertz CT molecular complexity index is 1080. The Morgan fingerprint density at radius 3 is 2.62 bits per heavy atom. The predicted molar refractivity (Wildman–Crippen MR) is 114 cm³/mol. The van der Waals surface area contributed by atoms with Crippen molar-refractivity contribution in [3.8, 4) is 0 Å². The van der Waals surface area contributed by atoms with Gasteiger partial charge in [-0.2, -0.15) is 0 Å². The van der Waals surface area contributed by atoms with Gasteiger partial charge in [-0.25, -0.2) is 0 Å². The van der Waals surface area contributed by atoms with Crippen LogP contribution < -0.4 is 5.56 Å². The van der Waals surface area contributed by atoms with E-state index in [-0.39, 0.29) is 24.1 Å². The lowest BCUT2D eigenvalue weighted by molar-refractivity contribution is 0.0506. The van der Waals surface area contributed by atoms with Crippen LogP contribution in [0.2, 0.25) is 0 Å². The van der Waals surface area contributed by atoms with Crippen LogP contribution in [0.3, 0.4) is 0 Å². The summed E-state index contributed by atoms with van der Waals surface area (Å²) in [5, 5.41) is 0.979. The third-order valence-electron chi connectivity index (χ3n) is 5.65. The van der Waals surface area contributed by atoms with Crippen LogP contribution in [0.5, 0.6) is 0 Å². The molecular formula is C24H26N2O3. The van der Waals surface area contributed by atoms with Gasteiger partial charge in [0, 0.05) is 29.8 Å². The fourth-order valence-electron chi connectivity index (χ4n) is 3.86. The third-order valence-corrected chi connectivity index (χ3v) is 5.65. The Kier molecular flexibility index (Phi) is 5.49. The minimum atomic E-state index is -0.154. The number of carbonyl (C=O) groups excluding carboxylic acids is 1. The van der Waals surface area contributed by atoms with E-state index >= 15 is 0 Å². The normalized spacial score (nSPS) is 16.3. The lowest BCUT2D eigenvalue weighted by Gasteiger charge is -2.25. The zero-order chi connectivity index (χ0) is 20.4. The van der Waals surface area contributed by atoms with E-state index in [1.54, 1.807) is 4.90 Å². The molecule has 5 nitrogen and oxygen atoms in total. The molecule has 3 aromatic rings. The summed E-state index contributed by atoms with van der Waals surface area (Å²) in [5.41, 5.74) is 4.19. The largest absolute Gasteiger partial charge is 0.376 e. The first-order valence-corrected chi connectivity index (χ1v) is 10.1. The van der Waals surface area contributed by atoms with Gasteiger partial charge in [0.15, 0.2) is 0 Å². The molecule has 2 aromatic carbocycles. The SMILES string of the molecule is Cc1cc2cc(CN(C[C@@H]3CCCO3)C(=O)c3ccccc3)c(=O)[nH]c2cc1C. The standard InChI is InChI=1S/C24H26N2O3/c1-16-11-19-13-20(23(27)25-22(19)12-17(16)2)14-26(15-21-9-6-10-29-21)24(28)18-7-4-3-5-8-18/h3-5,7-8,11-13,21H,6,9-10,14-15H2,1-2H3,(H,25,27)/t21-/m0/s1. The van der Waals surface area contributed by atoms with Gasteiger partial charge in [-0.15, -0.1) is 0 Å². The molecule has 1 saturated heterocycles. The summed E-state index contributed by atoms with van der Waals surface area (Å²) in [6.45, 7) is 5.56. The number of aromatic amines is 1. The number of nitrogens with one attached hydrogen (secondary N) is 1. The van der Waals surface area contributed by atoms with Crippen LogP contribution in [0.25, 0.3) is 10.9 Å². The van der Waals surface area contributed by atoms with E-state index in [9.17, 15) is 9.59 Å². The monoisotopic (exact) mass is 390 g/mol. The van der Waals surface area contributed by atoms with Crippen LogP contribution in [0.1, 0.15) is 39.9 Å². The Morgan fingerprint density at radius 2 is 1.90 bits per heavy atom. The van der Waals surface area contributed by atoms with Crippen LogP contribution in [0.4, 0.5) is 0 Å². The summed E-state index contributed by atoms with van der Waals surface area (Å²) >= 11 is 0. The minimum Gasteiger partial charge on any atom is -0.376 e. The highest BCUT2D eigenvalue weighted by Crippen LogP contribution is 2.20. The zero-order valence-electron chi connectivity index (χ0n) is 16.9. The Hall–Kier alpha value is -2.92. The molecule has 0 radical (unpaired) electrons. The van der Waals surface area contributed by atoms with Gasteiger partial charge in [-0.1, -0.05) is 18.2 Å². The van der Waals surface area contributed by atoms with Crippen molar-refractivity contribution in [2.24, 2.45) is 0 Å². The molecule has 1 atom stereocenters. The van der Waals surface area contributed by atoms with Gasteiger partial charge in [0.1, 0.15) is 0 Å². The number of aromatic nitrogens is 1. The van der Waals surface area contributed by atoms with Crippen molar-refractivity contribution in [2.45, 2.75) is 39.3 Å². The van der Waals surface area contributed by atoms with E-state index in [0.29, 0.717) is 17.7 Å². The molecule has 1 aliphatic rings. The number of ether oxygens (including phenoxy) is 1. The summed E-state index contributed by atoms with van der Waals surface area (Å²) in [5.74, 6) is -0.0827. The number of nitrogens with zero attached hydrogens (tertiary/aromatic N) is 1. The third kappa shape index (κ3) is 4.25. The molecule has 150 valence electrons. The van der Waals surface area contributed by atoms with E-state index in [0.717, 1.165) is 35.9 Å². The first-order valence-electron chi connectivity index (χ1n) is 10.1. The van der Waals surface area contributed by atoms with E-state index in [1.165, 1.54) is 5.56 Å². The molecule has 29 heavy (non-hydrogen) atoms. The minimum absolute atomic E-state index is 0.0205. The highest BCUT2D eigenvalue weighted by Gasteiger charge is 2.24. The first-order chi connectivity index (χ1) is 14.0. The van der Waals surface area contributed by atoms with E-state index in [1.807, 2.05) is 49.4 Å². The number of rotatable bonds is 5. The van der Waals surface area contributed by atoms with Crippen LogP contribution in [0, 0.1) is 13.8 Å². The smallest absolute Gasteiger partial charge is 0.254 e. The molecule has 1 amide bonds. The number of aryl methyl sites for hydroxylation is 2. The maximum Gasteiger partial charge on any atom is 0.254 e. The van der Waals surface area contributed by atoms with Crippen LogP contribution in [0.15, 0.2) is 53.3 Å². The van der Waals surface area contributed by atoms with Crippen LogP contribution >= 0.6 is 0 Å². The molecule has 0 saturated carbocycles. The second-order valence-corrected chi connectivity index (χ2v) is 7.83. The van der Waals surface area contributed by atoms with Crippen molar-refractivity contribution in [1.82, 2.24) is 9.88 Å². The Balaban J connectivity index is 1.67. The quantitative estimate of drug-likeness (QED) is 0.717. The van der Waals surface area contributed by atoms with Crippen LogP contribution in [-0.2, 0) is 11.3 Å². The van der Waals surface area contributed by atoms with Gasteiger partial charge < -0.3 is 14.6 Å². The number of carbonyl (C=O) groups is 1. The molecule has 4 rings (SSSR count). The van der Waals surface area contributed by atoms with Crippen LogP contribution in [-0.4, -0.2) is 35.0 Å². The summed E-state index contributed by atoms with van der Waals surface area (Å²) in [6.07, 6.45) is 1.96. The number of benzene rings is 2. The topological polar surface area (TPSA) is 62.4 Å². The van der Waals surface area contributed by atoms with Crippen molar-refractivity contribution in [3.05, 3.63) is 81.1 Å². The molecule has 1 fully saturated rings. The van der Waals surface area contributed by atoms with Crippen molar-refractivity contribution >= 4 is 16.8 Å². The van der Waals surface area contributed by atoms with Crippen molar-refractivity contribution in [3.63, 3.8) is 0 Å². The molecule has 1 aliphatic heterocycles. The summed E-state index contributed by atoms with van der Waals surface area (Å²) in [4.78, 5) is 30.6. The number of H-pyrrole nitrogens is 1. The van der Waals surface area contributed by atoms with Crippen molar-refractivity contribution in [2.75, 3.05) is 13.2 Å². The van der Waals surface area contributed by atoms with Gasteiger partial charge in [-0.3, -0.25) is 9.59 Å². The molecule has 0 spiro atoms. The van der Waals surface area contributed by atoms with Gasteiger partial charge in [0.2, 0.25) is 0 Å². The van der Waals surface area contributed by atoms with Gasteiger partial charge >= 0.3 is 0 Å². The number of fused-ring (bicyclic) bond motifs is 1. The van der Waals surface area contributed by atoms with Gasteiger partial charge in [0.25, 0.3) is 11.5 Å². The molecule has 0 bridgehead atoms. The number of pyridine rings is 1. The van der Waals surface area contributed by atoms with Crippen molar-refractivity contribution < 1.29 is 9.53 Å². The van der Waals surface area contributed by atoms with E-state index < -0.39 is 0 Å². The highest BCUT2D eigenvalue weighted by molar-refractivity contribution is 5.94. The maximum atomic E-state index is 13.2. The zero-order valence-corrected chi connectivity index (χ0v) is 16.9. The second-order valence-electron chi connectivity index (χ2n) is 7.83. The lowest BCUT2D eigenvalue weighted by Crippen LogP contribution is -2.38. The molecule has 2 heterocycles. The predicted octanol–water partition coefficient (Wildman–Crippen LogP) is 3.97. The second kappa shape index (κ2) is 8.21. The van der Waals surface area contributed by atoms with E-state index in [4.69, 9.17) is 4.74 Å². The Morgan fingerprint density at radius 1 is 1.14 bits per heavy atom. The molecule has 1 aromatic heterocycles. The summed E-state index contributed by atoms with van der Waals surface area (Å²) < 4.78 is 5.76. The summed E-state index contributed by atoms with van der Waals surface area (Å²) in [7, 11) is 0. The number of hydrogen-bond acceptors (Lipinski definition) is 3. The number of hydrogen-bond donors (Lipinski definition) is 1. The van der Waals surface area contributed by atoms with E-state index in [2.05, 4.69) is 18.0 Å². The highest BCUT2D eigenvalue weighted by atomic mass is 16.5. The summed E-state index contributed by atoms with van der Waals surface area (Å²) in [6, 6.07) is 15.2. The molecule has 1 N–H and O–H groups in total. The fraction of sp³-hybridized carbons (Fsp3) is 0.333. The van der Waals surface area contributed by atoms with Gasteiger partial charge in [0.05, 0.1) is 12.6 Å². The molecular weight excluding hydrogens is 364 g/mol. The number of amides is 1. The lowest BCUT2D eigenvalue weighted by atomic mass is 10.0. The fourth-order valence-corrected chi connectivity index (χ4v) is 3.86. The Labute approximate surface area is 170 Å². The molecule has 5 heteroatoms. The van der Waals surface area contributed by atoms with Gasteiger partial charge in [-0.05, 0) is 73.5 Å². The molecule has 0 unspecified atom stereocenters. The average Bonchev–Trinajstić information content (AvgIpc) is 3.23. The first kappa shape index (κ1) is 19.4. The molecule has 0 aliphatic carbocycles.